The van der Waals surface area contributed by atoms with Crippen molar-refractivity contribution in [2.75, 3.05) is 47.9 Å². The van der Waals surface area contributed by atoms with E-state index in [2.05, 4.69) is 0 Å². The molecule has 0 N–H and O–H groups in total. The van der Waals surface area contributed by atoms with Gasteiger partial charge in [-0.2, -0.15) is 0 Å². The van der Waals surface area contributed by atoms with Gasteiger partial charge in [-0.25, -0.2) is 0 Å². The van der Waals surface area contributed by atoms with Gasteiger partial charge in [-0.3, -0.25) is 19.2 Å². The minimum absolute atomic E-state index is 0.205. The Labute approximate surface area is 312 Å². The second-order valence-electron chi connectivity index (χ2n) is 12.9. The molecule has 4 aromatic carbocycles. The summed E-state index contributed by atoms with van der Waals surface area (Å²) in [5.74, 6) is -0.596. The first kappa shape index (κ1) is 34.3. The maximum atomic E-state index is 14.7. The highest BCUT2D eigenvalue weighted by molar-refractivity contribution is 7.17. The average Bonchev–Trinajstić information content (AvgIpc) is 3.76. The zero-order valence-electron chi connectivity index (χ0n) is 28.2. The van der Waals surface area contributed by atoms with E-state index in [9.17, 15) is 19.2 Å². The Hall–Kier alpha value is -4.84. The summed E-state index contributed by atoms with van der Waals surface area (Å²) in [6.07, 6.45) is 0.553. The molecule has 0 fully saturated rings. The molecule has 3 aliphatic rings. The van der Waals surface area contributed by atoms with E-state index in [4.69, 9.17) is 42.1 Å². The molecular formula is C39H32Cl2N2O8S. The summed E-state index contributed by atoms with van der Waals surface area (Å²) in [4.78, 5) is 57.3. The van der Waals surface area contributed by atoms with Crippen LogP contribution in [0, 0.1) is 0 Å². The smallest absolute Gasteiger partial charge is 0.308 e. The maximum absolute atomic E-state index is 14.7. The molecule has 52 heavy (non-hydrogen) atoms. The average molecular weight is 760 g/mol. The zero-order valence-corrected chi connectivity index (χ0v) is 30.5. The van der Waals surface area contributed by atoms with Crippen molar-refractivity contribution in [2.24, 2.45) is 0 Å². The van der Waals surface area contributed by atoms with Gasteiger partial charge in [-0.15, -0.1) is 34.5 Å². The van der Waals surface area contributed by atoms with Crippen molar-refractivity contribution in [3.8, 4) is 23.0 Å². The molecule has 4 heterocycles. The quantitative estimate of drug-likeness (QED) is 0.0973. The number of rotatable bonds is 6. The van der Waals surface area contributed by atoms with Crippen molar-refractivity contribution in [2.45, 2.75) is 32.1 Å². The van der Waals surface area contributed by atoms with Gasteiger partial charge in [0.1, 0.15) is 21.3 Å². The van der Waals surface area contributed by atoms with Gasteiger partial charge in [0.25, 0.3) is 11.8 Å². The first-order valence-corrected chi connectivity index (χ1v) is 18.7. The summed E-state index contributed by atoms with van der Waals surface area (Å²) in [5.41, 5.74) is 2.89. The minimum Gasteiger partial charge on any atom is -0.488 e. The molecule has 0 saturated heterocycles. The fourth-order valence-corrected chi connectivity index (χ4v) is 9.13. The van der Waals surface area contributed by atoms with Crippen molar-refractivity contribution in [1.82, 2.24) is 0 Å². The van der Waals surface area contributed by atoms with E-state index >= 15 is 0 Å². The summed E-state index contributed by atoms with van der Waals surface area (Å²) in [6, 6.07) is 18.5. The number of halogens is 2. The Balaban J connectivity index is 1.24. The van der Waals surface area contributed by atoms with Gasteiger partial charge >= 0.3 is 11.9 Å². The van der Waals surface area contributed by atoms with Gasteiger partial charge in [0.2, 0.25) is 0 Å². The summed E-state index contributed by atoms with van der Waals surface area (Å²) < 4.78 is 23.6. The number of carbonyl (C=O) groups is 4. The van der Waals surface area contributed by atoms with Crippen molar-refractivity contribution in [3.05, 3.63) is 81.5 Å². The third-order valence-electron chi connectivity index (χ3n) is 9.62. The van der Waals surface area contributed by atoms with Gasteiger partial charge < -0.3 is 28.7 Å². The Morgan fingerprint density at radius 1 is 0.692 bits per heavy atom. The van der Waals surface area contributed by atoms with Gasteiger partial charge in [0.05, 0.1) is 24.6 Å². The molecule has 5 aromatic rings. The lowest BCUT2D eigenvalue weighted by Gasteiger charge is -2.19. The van der Waals surface area contributed by atoms with E-state index in [0.717, 1.165) is 44.0 Å². The first-order chi connectivity index (χ1) is 25.2. The number of carbonyl (C=O) groups excluding carboxylic acids is 4. The summed E-state index contributed by atoms with van der Waals surface area (Å²) >= 11 is 14.0. The predicted molar refractivity (Wildman–Crippen MR) is 201 cm³/mol. The van der Waals surface area contributed by atoms with Gasteiger partial charge in [-0.05, 0) is 21.9 Å². The number of esters is 2. The highest BCUT2D eigenvalue weighted by Gasteiger charge is 2.42. The highest BCUT2D eigenvalue weighted by atomic mass is 35.5. The molecular weight excluding hydrogens is 727 g/mol. The molecule has 2 atom stereocenters. The predicted octanol–water partition coefficient (Wildman–Crippen LogP) is 8.03. The van der Waals surface area contributed by atoms with E-state index in [-0.39, 0.29) is 57.9 Å². The molecule has 2 amide bonds. The van der Waals surface area contributed by atoms with Gasteiger partial charge in [0.15, 0.2) is 11.5 Å². The van der Waals surface area contributed by atoms with Crippen molar-refractivity contribution in [3.63, 3.8) is 0 Å². The molecule has 0 unspecified atom stereocenters. The van der Waals surface area contributed by atoms with Crippen molar-refractivity contribution in [1.29, 1.82) is 0 Å². The fourth-order valence-electron chi connectivity index (χ4n) is 7.54. The van der Waals surface area contributed by atoms with E-state index in [0.29, 0.717) is 42.5 Å². The highest BCUT2D eigenvalue weighted by Crippen LogP contribution is 2.51. The first-order valence-electron chi connectivity index (χ1n) is 16.9. The molecule has 0 saturated carbocycles. The summed E-state index contributed by atoms with van der Waals surface area (Å²) in [5, 5.41) is 3.14. The number of thiophene rings is 1. The zero-order chi connectivity index (χ0) is 36.3. The van der Waals surface area contributed by atoms with E-state index < -0.39 is 23.8 Å². The molecule has 266 valence electrons. The molecule has 0 spiro atoms. The Bertz CT molecular complexity index is 2170. The number of amides is 2. The summed E-state index contributed by atoms with van der Waals surface area (Å²) in [7, 11) is 0. The van der Waals surface area contributed by atoms with Gasteiger partial charge in [-0.1, -0.05) is 48.5 Å². The van der Waals surface area contributed by atoms with Crippen molar-refractivity contribution >= 4 is 91.2 Å². The number of benzene rings is 4. The fraction of sp³-hybridized carbons (Fsp3) is 0.282. The lowest BCUT2D eigenvalue weighted by molar-refractivity contribution is -0.132. The van der Waals surface area contributed by atoms with Crippen LogP contribution in [0.15, 0.2) is 60.7 Å². The van der Waals surface area contributed by atoms with Crippen LogP contribution in [0.1, 0.15) is 62.6 Å². The molecule has 3 aliphatic heterocycles. The number of hydrogen-bond donors (Lipinski definition) is 0. The third kappa shape index (κ3) is 5.62. The molecule has 0 aliphatic carbocycles. The van der Waals surface area contributed by atoms with Crippen LogP contribution < -0.4 is 28.7 Å². The largest absolute Gasteiger partial charge is 0.488 e. The molecule has 0 bridgehead atoms. The lowest BCUT2D eigenvalue weighted by Crippen LogP contribution is -2.30. The van der Waals surface area contributed by atoms with Crippen LogP contribution in [0.25, 0.3) is 21.5 Å². The lowest BCUT2D eigenvalue weighted by atomic mass is 9.95. The molecule has 10 nitrogen and oxygen atoms in total. The number of alkyl halides is 2. The molecule has 0 radical (unpaired) electrons. The molecule has 8 rings (SSSR count). The van der Waals surface area contributed by atoms with Crippen LogP contribution in [0.2, 0.25) is 0 Å². The van der Waals surface area contributed by atoms with E-state index in [1.807, 2.05) is 48.5 Å². The van der Waals surface area contributed by atoms with Crippen LogP contribution in [-0.4, -0.2) is 61.8 Å². The second-order valence-corrected chi connectivity index (χ2v) is 14.5. The van der Waals surface area contributed by atoms with E-state index in [1.54, 1.807) is 21.9 Å². The van der Waals surface area contributed by atoms with Gasteiger partial charge in [0, 0.05) is 79.9 Å². The third-order valence-corrected chi connectivity index (χ3v) is 11.5. The summed E-state index contributed by atoms with van der Waals surface area (Å²) in [6.45, 7) is 3.78. The minimum atomic E-state index is -0.486. The van der Waals surface area contributed by atoms with E-state index in [1.165, 1.54) is 13.8 Å². The maximum Gasteiger partial charge on any atom is 0.308 e. The number of fused-ring (bicyclic) bond motifs is 7. The molecule has 13 heteroatoms. The van der Waals surface area contributed by atoms with Crippen molar-refractivity contribution < 1.29 is 38.1 Å². The van der Waals surface area contributed by atoms with Crippen LogP contribution in [0.4, 0.5) is 11.4 Å². The number of hydrogen-bond acceptors (Lipinski definition) is 9. The number of ether oxygens (including phenoxy) is 4. The Morgan fingerprint density at radius 3 is 1.48 bits per heavy atom. The second kappa shape index (κ2) is 13.6. The standard InChI is InChI=1S/C39H32Cl2N2O8S/c1-20(44)50-30-14-28-32(26-10-5-3-8-24(26)30)22(16-40)18-42(28)38(46)36-34-35(49-13-7-12-48-34)37(52-36)39(47)43-19-23(17-41)33-27-11-6-4-9-25(27)31(15-29(33)43)51-21(2)45/h3-6,8-11,14-15,22-23H,7,12-13,16-19H2,1-2H3/t22-,23-/m1/s1. The number of nitrogens with zero attached hydrogens (tertiary/aromatic N) is 2. The SMILES string of the molecule is CC(=O)Oc1cc2c(c3ccccc13)[C@H](CCl)CN2C(=O)c1sc(C(=O)N2C[C@@H](CCl)c3c2cc(OC(C)=O)c2ccccc32)c2c1OCCCO2. The Kier molecular flexibility index (Phi) is 8.97. The van der Waals surface area contributed by atoms with Crippen LogP contribution in [-0.2, 0) is 9.59 Å². The number of anilines is 2. The normalized spacial score (nSPS) is 17.5. The molecule has 1 aromatic heterocycles. The monoisotopic (exact) mass is 758 g/mol. The van der Waals surface area contributed by atoms with Crippen LogP contribution >= 0.6 is 34.5 Å². The Morgan fingerprint density at radius 2 is 1.10 bits per heavy atom. The van der Waals surface area contributed by atoms with Crippen LogP contribution in [0.5, 0.6) is 23.0 Å². The topological polar surface area (TPSA) is 112 Å². The van der Waals surface area contributed by atoms with Crippen LogP contribution in [0.3, 0.4) is 0 Å².